The zero-order valence-corrected chi connectivity index (χ0v) is 7.64. The third-order valence-electron chi connectivity index (χ3n) is 1.14. The highest BCUT2D eigenvalue weighted by molar-refractivity contribution is 5.92. The van der Waals surface area contributed by atoms with E-state index in [9.17, 15) is 4.79 Å². The van der Waals surface area contributed by atoms with Crippen LogP contribution in [0.15, 0.2) is 23.9 Å². The van der Waals surface area contributed by atoms with Gasteiger partial charge in [0, 0.05) is 18.8 Å². The lowest BCUT2D eigenvalue weighted by molar-refractivity contribution is -0.123. The summed E-state index contributed by atoms with van der Waals surface area (Å²) in [5.74, 6) is -0.0359. The largest absolute Gasteiger partial charge is 0.318 e. The summed E-state index contributed by atoms with van der Waals surface area (Å²) in [5.41, 5.74) is 1.66. The van der Waals surface area contributed by atoms with E-state index < -0.39 is 0 Å². The molecule has 0 unspecified atom stereocenters. The molecule has 1 amide bonds. The Hall–Kier alpha value is -1.05. The van der Waals surface area contributed by atoms with Gasteiger partial charge in [0.05, 0.1) is 0 Å². The van der Waals surface area contributed by atoms with E-state index >= 15 is 0 Å². The number of carbonyl (C=O) groups excluding carboxylic acids is 1. The van der Waals surface area contributed by atoms with Gasteiger partial charge in [0.25, 0.3) is 5.91 Å². The highest BCUT2D eigenvalue weighted by atomic mass is 16.2. The fourth-order valence-electron chi connectivity index (χ4n) is 0.747. The monoisotopic (exact) mass is 153 g/mol. The van der Waals surface area contributed by atoms with Gasteiger partial charge in [0.15, 0.2) is 0 Å². The molecule has 0 aromatic heterocycles. The van der Waals surface area contributed by atoms with E-state index in [1.54, 1.807) is 20.2 Å². The minimum Gasteiger partial charge on any atom is -0.318 e. The van der Waals surface area contributed by atoms with E-state index in [1.807, 2.05) is 13.8 Å². The van der Waals surface area contributed by atoms with Crippen LogP contribution < -0.4 is 0 Å². The highest BCUT2D eigenvalue weighted by Gasteiger charge is 2.04. The molecule has 0 aliphatic rings. The average molecular weight is 153 g/mol. The van der Waals surface area contributed by atoms with Crippen LogP contribution in [0.25, 0.3) is 0 Å². The third kappa shape index (κ3) is 3.61. The van der Waals surface area contributed by atoms with Crippen LogP contribution in [-0.2, 0) is 4.79 Å². The lowest BCUT2D eigenvalue weighted by Gasteiger charge is -2.11. The summed E-state index contributed by atoms with van der Waals surface area (Å²) in [7, 11) is 1.73. The van der Waals surface area contributed by atoms with Crippen molar-refractivity contribution >= 4 is 5.91 Å². The molecule has 0 atom stereocenters. The van der Waals surface area contributed by atoms with Crippen molar-refractivity contribution in [3.05, 3.63) is 23.9 Å². The Morgan fingerprint density at radius 1 is 1.36 bits per heavy atom. The van der Waals surface area contributed by atoms with Crippen LogP contribution in [0.1, 0.15) is 20.8 Å². The molecule has 0 rings (SSSR count). The van der Waals surface area contributed by atoms with Gasteiger partial charge in [-0.1, -0.05) is 12.2 Å². The highest BCUT2D eigenvalue weighted by Crippen LogP contribution is 1.99. The van der Waals surface area contributed by atoms with Gasteiger partial charge in [-0.2, -0.15) is 0 Å². The van der Waals surface area contributed by atoms with E-state index in [2.05, 4.69) is 6.58 Å². The molecule has 0 spiro atoms. The number of hydrogen-bond donors (Lipinski definition) is 0. The molecule has 11 heavy (non-hydrogen) atoms. The van der Waals surface area contributed by atoms with Gasteiger partial charge >= 0.3 is 0 Å². The SMILES string of the molecule is C=C(C)C(=O)N(C)C=C(C)C. The minimum absolute atomic E-state index is 0.0359. The summed E-state index contributed by atoms with van der Waals surface area (Å²) in [6, 6.07) is 0. The molecule has 0 bridgehead atoms. The molecule has 2 nitrogen and oxygen atoms in total. The first-order valence-corrected chi connectivity index (χ1v) is 3.53. The van der Waals surface area contributed by atoms with Gasteiger partial charge < -0.3 is 4.90 Å². The van der Waals surface area contributed by atoms with Crippen molar-refractivity contribution in [2.75, 3.05) is 7.05 Å². The van der Waals surface area contributed by atoms with E-state index in [1.165, 1.54) is 4.90 Å². The number of rotatable bonds is 2. The zero-order chi connectivity index (χ0) is 9.02. The molecule has 62 valence electrons. The van der Waals surface area contributed by atoms with Gasteiger partial charge in [-0.3, -0.25) is 4.79 Å². The standard InChI is InChI=1S/C9H15NO/c1-7(2)6-10(5)9(11)8(3)4/h6H,3H2,1-2,4-5H3. The number of carbonyl (C=O) groups is 1. The molecule has 0 fully saturated rings. The van der Waals surface area contributed by atoms with Crippen molar-refractivity contribution in [3.8, 4) is 0 Å². The van der Waals surface area contributed by atoms with Crippen LogP contribution in [0, 0.1) is 0 Å². The van der Waals surface area contributed by atoms with Crippen molar-refractivity contribution in [3.63, 3.8) is 0 Å². The summed E-state index contributed by atoms with van der Waals surface area (Å²) in [6.07, 6.45) is 1.79. The molecule has 0 N–H and O–H groups in total. The summed E-state index contributed by atoms with van der Waals surface area (Å²) < 4.78 is 0. The molecule has 0 aromatic carbocycles. The maximum atomic E-state index is 11.2. The third-order valence-corrected chi connectivity index (χ3v) is 1.14. The minimum atomic E-state index is -0.0359. The van der Waals surface area contributed by atoms with Crippen LogP contribution >= 0.6 is 0 Å². The quantitative estimate of drug-likeness (QED) is 0.555. The molecule has 0 aliphatic carbocycles. The fraction of sp³-hybridized carbons (Fsp3) is 0.444. The maximum Gasteiger partial charge on any atom is 0.252 e. The van der Waals surface area contributed by atoms with Gasteiger partial charge in [0.1, 0.15) is 0 Å². The molecule has 0 saturated carbocycles. The second-order valence-electron chi connectivity index (χ2n) is 2.90. The summed E-state index contributed by atoms with van der Waals surface area (Å²) in [5, 5.41) is 0. The predicted octanol–water partition coefficient (Wildman–Crippen LogP) is 1.94. The van der Waals surface area contributed by atoms with E-state index in [0.29, 0.717) is 5.57 Å². The Morgan fingerprint density at radius 2 is 1.82 bits per heavy atom. The van der Waals surface area contributed by atoms with E-state index in [-0.39, 0.29) is 5.91 Å². The Kier molecular flexibility index (Phi) is 3.58. The molecule has 2 heteroatoms. The Morgan fingerprint density at radius 3 is 2.09 bits per heavy atom. The molecule has 0 aromatic rings. The van der Waals surface area contributed by atoms with E-state index in [0.717, 1.165) is 5.57 Å². The first kappa shape index (κ1) is 9.95. The van der Waals surface area contributed by atoms with Crippen LogP contribution in [0.2, 0.25) is 0 Å². The van der Waals surface area contributed by atoms with Crippen LogP contribution in [0.3, 0.4) is 0 Å². The van der Waals surface area contributed by atoms with Gasteiger partial charge in [0.2, 0.25) is 0 Å². The molecular formula is C9H15NO. The first-order chi connectivity index (χ1) is 4.95. The van der Waals surface area contributed by atoms with Crippen LogP contribution in [0.5, 0.6) is 0 Å². The number of nitrogens with zero attached hydrogens (tertiary/aromatic N) is 1. The molecule has 0 aliphatic heterocycles. The van der Waals surface area contributed by atoms with Crippen molar-refractivity contribution in [1.29, 1.82) is 0 Å². The Labute approximate surface area is 68.2 Å². The molecule has 0 saturated heterocycles. The normalized spacial score (nSPS) is 8.73. The predicted molar refractivity (Wildman–Crippen MR) is 47.0 cm³/mol. The summed E-state index contributed by atoms with van der Waals surface area (Å²) in [4.78, 5) is 12.7. The van der Waals surface area contributed by atoms with Crippen molar-refractivity contribution in [2.24, 2.45) is 0 Å². The van der Waals surface area contributed by atoms with Crippen molar-refractivity contribution in [1.82, 2.24) is 4.90 Å². The Balaban J connectivity index is 4.27. The molecule has 0 heterocycles. The average Bonchev–Trinajstić information content (AvgIpc) is 1.84. The summed E-state index contributed by atoms with van der Waals surface area (Å²) in [6.45, 7) is 9.16. The van der Waals surface area contributed by atoms with Crippen LogP contribution in [0.4, 0.5) is 0 Å². The van der Waals surface area contributed by atoms with Gasteiger partial charge in [-0.25, -0.2) is 0 Å². The second-order valence-corrected chi connectivity index (χ2v) is 2.90. The number of allylic oxidation sites excluding steroid dienone is 1. The van der Waals surface area contributed by atoms with Crippen molar-refractivity contribution in [2.45, 2.75) is 20.8 Å². The lowest BCUT2D eigenvalue weighted by atomic mass is 10.3. The summed E-state index contributed by atoms with van der Waals surface area (Å²) >= 11 is 0. The van der Waals surface area contributed by atoms with Gasteiger partial charge in [-0.05, 0) is 20.8 Å². The molecular weight excluding hydrogens is 138 g/mol. The number of amides is 1. The lowest BCUT2D eigenvalue weighted by Crippen LogP contribution is -2.21. The maximum absolute atomic E-state index is 11.2. The van der Waals surface area contributed by atoms with E-state index in [4.69, 9.17) is 0 Å². The van der Waals surface area contributed by atoms with Gasteiger partial charge in [-0.15, -0.1) is 0 Å². The molecule has 0 radical (unpaired) electrons. The first-order valence-electron chi connectivity index (χ1n) is 3.53. The Bertz CT molecular complexity index is 200. The van der Waals surface area contributed by atoms with Crippen LogP contribution in [-0.4, -0.2) is 17.9 Å². The second kappa shape index (κ2) is 3.96. The number of likely N-dealkylation sites (N-methyl/N-ethyl adjacent to an activating group) is 1. The topological polar surface area (TPSA) is 20.3 Å². The smallest absolute Gasteiger partial charge is 0.252 e. The zero-order valence-electron chi connectivity index (χ0n) is 7.64. The fourth-order valence-corrected chi connectivity index (χ4v) is 0.747. The van der Waals surface area contributed by atoms with Crippen molar-refractivity contribution < 1.29 is 4.79 Å². The number of hydrogen-bond acceptors (Lipinski definition) is 1.